The summed E-state index contributed by atoms with van der Waals surface area (Å²) in [5, 5.41) is 12.5. The number of aliphatic carboxylic acids is 1. The van der Waals surface area contributed by atoms with Crippen molar-refractivity contribution >= 4 is 17.9 Å². The van der Waals surface area contributed by atoms with E-state index in [4.69, 9.17) is 15.6 Å². The van der Waals surface area contributed by atoms with E-state index in [-0.39, 0.29) is 19.1 Å². The molecular weight excluding hydrogens is 228 g/mol. The van der Waals surface area contributed by atoms with E-state index in [2.05, 4.69) is 10.1 Å². The molecule has 1 rings (SSSR count). The van der Waals surface area contributed by atoms with Crippen molar-refractivity contribution < 1.29 is 19.4 Å². The first-order chi connectivity index (χ1) is 7.81. The average Bonchev–Trinajstić information content (AvgIpc) is 2.61. The summed E-state index contributed by atoms with van der Waals surface area (Å²) in [6.45, 7) is 2.58. The molecule has 8 nitrogen and oxygen atoms in total. The largest absolute Gasteiger partial charge is 0.481 e. The zero-order valence-electron chi connectivity index (χ0n) is 9.58. The fourth-order valence-corrected chi connectivity index (χ4v) is 0.886. The maximum atomic E-state index is 11.3. The van der Waals surface area contributed by atoms with Crippen LogP contribution in [0.25, 0.3) is 0 Å². The first kappa shape index (κ1) is 12.9. The number of carboxylic acid groups (broad SMARTS) is 1. The molecule has 0 spiro atoms. The lowest BCUT2D eigenvalue weighted by atomic mass is 9.95. The summed E-state index contributed by atoms with van der Waals surface area (Å²) < 4.78 is 6.05. The molecule has 3 N–H and O–H groups in total. The highest BCUT2D eigenvalue weighted by Gasteiger charge is 2.29. The number of carboxylic acids is 1. The number of hydrogen-bond acceptors (Lipinski definition) is 6. The van der Waals surface area contributed by atoms with Gasteiger partial charge in [0.25, 0.3) is 0 Å². The normalized spacial score (nSPS) is 11.2. The maximum Gasteiger partial charge on any atom is 0.327 e. The van der Waals surface area contributed by atoms with Gasteiger partial charge in [-0.15, -0.1) is 5.10 Å². The monoisotopic (exact) mass is 242 g/mol. The van der Waals surface area contributed by atoms with Gasteiger partial charge in [-0.3, -0.25) is 9.59 Å². The Labute approximate surface area is 97.4 Å². The van der Waals surface area contributed by atoms with Crippen molar-refractivity contribution in [1.29, 1.82) is 0 Å². The minimum atomic E-state index is -1.11. The molecule has 0 radical (unpaired) electrons. The first-order valence-electron chi connectivity index (χ1n) is 4.85. The number of carbonyl (C=O) groups is 2. The van der Waals surface area contributed by atoms with Crippen molar-refractivity contribution in [3.05, 3.63) is 6.33 Å². The third kappa shape index (κ3) is 3.74. The molecule has 1 aromatic heterocycles. The van der Waals surface area contributed by atoms with E-state index in [1.165, 1.54) is 24.9 Å². The quantitative estimate of drug-likeness (QED) is 0.668. The second kappa shape index (κ2) is 4.81. The van der Waals surface area contributed by atoms with Crippen molar-refractivity contribution in [2.75, 3.05) is 12.3 Å². The fourth-order valence-electron chi connectivity index (χ4n) is 0.886. The molecule has 17 heavy (non-hydrogen) atoms. The van der Waals surface area contributed by atoms with Gasteiger partial charge in [-0.2, -0.15) is 0 Å². The Hall–Kier alpha value is -2.12. The number of nitrogen functional groups attached to an aromatic ring is 1. The van der Waals surface area contributed by atoms with Crippen LogP contribution in [0.4, 0.5) is 5.95 Å². The number of anilines is 1. The number of ether oxygens (including phenoxy) is 1. The van der Waals surface area contributed by atoms with Crippen molar-refractivity contribution in [3.63, 3.8) is 0 Å². The van der Waals surface area contributed by atoms with Crippen LogP contribution in [0, 0.1) is 5.41 Å². The van der Waals surface area contributed by atoms with Gasteiger partial charge in [-0.1, -0.05) is 0 Å². The van der Waals surface area contributed by atoms with Gasteiger partial charge in [-0.25, -0.2) is 9.67 Å². The van der Waals surface area contributed by atoms with Crippen LogP contribution in [0.1, 0.15) is 13.8 Å². The third-order valence-corrected chi connectivity index (χ3v) is 2.02. The maximum absolute atomic E-state index is 11.3. The van der Waals surface area contributed by atoms with Gasteiger partial charge < -0.3 is 15.6 Å². The van der Waals surface area contributed by atoms with Crippen LogP contribution in [0.2, 0.25) is 0 Å². The van der Waals surface area contributed by atoms with Crippen LogP contribution < -0.4 is 5.73 Å². The number of carbonyl (C=O) groups excluding carboxylic acids is 1. The Morgan fingerprint density at radius 1 is 1.59 bits per heavy atom. The van der Waals surface area contributed by atoms with E-state index in [1.54, 1.807) is 0 Å². The van der Waals surface area contributed by atoms with E-state index >= 15 is 0 Å². The molecule has 0 fully saturated rings. The predicted octanol–water partition coefficient (Wildman–Crippen LogP) is -0.486. The number of hydrogen-bond donors (Lipinski definition) is 2. The Morgan fingerprint density at radius 3 is 2.71 bits per heavy atom. The second-order valence-electron chi connectivity index (χ2n) is 4.15. The van der Waals surface area contributed by atoms with Crippen LogP contribution in [0.15, 0.2) is 6.33 Å². The lowest BCUT2D eigenvalue weighted by Gasteiger charge is -2.18. The summed E-state index contributed by atoms with van der Waals surface area (Å²) in [5.41, 5.74) is 4.15. The van der Waals surface area contributed by atoms with Crippen LogP contribution in [0.5, 0.6) is 0 Å². The predicted molar refractivity (Wildman–Crippen MR) is 56.8 cm³/mol. The van der Waals surface area contributed by atoms with Crippen molar-refractivity contribution in [2.45, 2.75) is 20.4 Å². The standard InChI is InChI=1S/C9H14N4O4/c1-9(2,7(15)16)4-17-6(14)3-13-5-11-8(10)12-13/h5H,3-4H2,1-2H3,(H2,10,12)(H,15,16). The van der Waals surface area contributed by atoms with Crippen LogP contribution in [-0.4, -0.2) is 38.4 Å². The smallest absolute Gasteiger partial charge is 0.327 e. The molecule has 0 aliphatic heterocycles. The third-order valence-electron chi connectivity index (χ3n) is 2.02. The van der Waals surface area contributed by atoms with E-state index in [9.17, 15) is 9.59 Å². The summed E-state index contributed by atoms with van der Waals surface area (Å²) >= 11 is 0. The SMILES string of the molecule is CC(C)(COC(=O)Cn1cnc(N)n1)C(=O)O. The minimum Gasteiger partial charge on any atom is -0.481 e. The molecule has 0 aromatic carbocycles. The van der Waals surface area contributed by atoms with Gasteiger partial charge in [-0.05, 0) is 13.8 Å². The van der Waals surface area contributed by atoms with Gasteiger partial charge in [0.15, 0.2) is 0 Å². The van der Waals surface area contributed by atoms with E-state index in [1.807, 2.05) is 0 Å². The zero-order chi connectivity index (χ0) is 13.1. The number of esters is 1. The second-order valence-corrected chi connectivity index (χ2v) is 4.15. The van der Waals surface area contributed by atoms with Gasteiger partial charge in [0.05, 0.1) is 5.41 Å². The Morgan fingerprint density at radius 2 is 2.24 bits per heavy atom. The molecule has 0 saturated heterocycles. The number of nitrogens with zero attached hydrogens (tertiary/aromatic N) is 3. The Kier molecular flexibility index (Phi) is 3.66. The molecule has 0 aliphatic carbocycles. The van der Waals surface area contributed by atoms with Gasteiger partial charge in [0.1, 0.15) is 19.5 Å². The molecule has 0 amide bonds. The van der Waals surface area contributed by atoms with Crippen molar-refractivity contribution in [1.82, 2.24) is 14.8 Å². The summed E-state index contributed by atoms with van der Waals surface area (Å²) in [7, 11) is 0. The Bertz CT molecular complexity index is 426. The highest BCUT2D eigenvalue weighted by Crippen LogP contribution is 2.15. The molecule has 1 aromatic rings. The molecule has 0 bridgehead atoms. The summed E-state index contributed by atoms with van der Waals surface area (Å²) in [4.78, 5) is 25.7. The van der Waals surface area contributed by atoms with Crippen LogP contribution >= 0.6 is 0 Å². The first-order valence-corrected chi connectivity index (χ1v) is 4.85. The van der Waals surface area contributed by atoms with E-state index in [0.717, 1.165) is 0 Å². The van der Waals surface area contributed by atoms with E-state index in [0.29, 0.717) is 0 Å². The van der Waals surface area contributed by atoms with Gasteiger partial charge in [0, 0.05) is 0 Å². The van der Waals surface area contributed by atoms with Crippen LogP contribution in [0.3, 0.4) is 0 Å². The lowest BCUT2D eigenvalue weighted by molar-refractivity contribution is -0.157. The number of aromatic nitrogens is 3. The summed E-state index contributed by atoms with van der Waals surface area (Å²) in [5.74, 6) is -1.57. The lowest BCUT2D eigenvalue weighted by Crippen LogP contribution is -2.31. The van der Waals surface area contributed by atoms with Crippen molar-refractivity contribution in [3.8, 4) is 0 Å². The number of rotatable bonds is 5. The molecule has 1 heterocycles. The molecule has 94 valence electrons. The molecular formula is C9H14N4O4. The van der Waals surface area contributed by atoms with Gasteiger partial charge in [0.2, 0.25) is 5.95 Å². The van der Waals surface area contributed by atoms with Crippen molar-refractivity contribution in [2.24, 2.45) is 5.41 Å². The molecule has 8 heteroatoms. The molecule has 0 atom stereocenters. The van der Waals surface area contributed by atoms with Crippen LogP contribution in [-0.2, 0) is 20.9 Å². The highest BCUT2D eigenvalue weighted by molar-refractivity contribution is 5.75. The number of nitrogens with two attached hydrogens (primary N) is 1. The minimum absolute atomic E-state index is 0.0589. The topological polar surface area (TPSA) is 120 Å². The fraction of sp³-hybridized carbons (Fsp3) is 0.556. The molecule has 0 saturated carbocycles. The summed E-state index contributed by atoms with van der Waals surface area (Å²) in [6.07, 6.45) is 1.29. The Balaban J connectivity index is 2.43. The highest BCUT2D eigenvalue weighted by atomic mass is 16.5. The average molecular weight is 242 g/mol. The molecule has 0 aliphatic rings. The van der Waals surface area contributed by atoms with E-state index < -0.39 is 17.4 Å². The summed E-state index contributed by atoms with van der Waals surface area (Å²) in [6, 6.07) is 0. The molecule has 0 unspecified atom stereocenters. The zero-order valence-corrected chi connectivity index (χ0v) is 9.58. The van der Waals surface area contributed by atoms with Gasteiger partial charge >= 0.3 is 11.9 Å².